The van der Waals surface area contributed by atoms with E-state index < -0.39 is 0 Å². The van der Waals surface area contributed by atoms with Crippen molar-refractivity contribution in [2.75, 3.05) is 0 Å². The maximum Gasteiger partial charge on any atom is 0.123 e. The van der Waals surface area contributed by atoms with Gasteiger partial charge in [0.1, 0.15) is 5.82 Å². The quantitative estimate of drug-likeness (QED) is 0.823. The van der Waals surface area contributed by atoms with Crippen molar-refractivity contribution < 1.29 is 4.39 Å². The summed E-state index contributed by atoms with van der Waals surface area (Å²) in [5.41, 5.74) is 2.40. The molecule has 2 rings (SSSR count). The molecule has 1 nitrogen and oxygen atoms in total. The van der Waals surface area contributed by atoms with Gasteiger partial charge in [-0.2, -0.15) is 0 Å². The van der Waals surface area contributed by atoms with E-state index in [0.29, 0.717) is 0 Å². The molecule has 0 aromatic heterocycles. The summed E-state index contributed by atoms with van der Waals surface area (Å²) in [5, 5.41) is 3.60. The molecule has 2 aromatic carbocycles. The predicted molar refractivity (Wildman–Crippen MR) is 77.4 cm³/mol. The van der Waals surface area contributed by atoms with Crippen LogP contribution in [0.25, 0.3) is 0 Å². The molecule has 0 bridgehead atoms. The van der Waals surface area contributed by atoms with Crippen LogP contribution in [0.4, 0.5) is 4.39 Å². The van der Waals surface area contributed by atoms with Gasteiger partial charge in [0.15, 0.2) is 0 Å². The molecular formula is C17H20FN. The van der Waals surface area contributed by atoms with Gasteiger partial charge in [-0.05, 0) is 36.6 Å². The average molecular weight is 257 g/mol. The molecule has 100 valence electrons. The lowest BCUT2D eigenvalue weighted by molar-refractivity contribution is 0.456. The molecule has 0 aliphatic heterocycles. The third kappa shape index (κ3) is 3.65. The van der Waals surface area contributed by atoms with E-state index in [-0.39, 0.29) is 17.9 Å². The number of hydrogen-bond acceptors (Lipinski definition) is 1. The summed E-state index contributed by atoms with van der Waals surface area (Å²) < 4.78 is 13.0. The lowest BCUT2D eigenvalue weighted by Gasteiger charge is -2.23. The van der Waals surface area contributed by atoms with Crippen LogP contribution >= 0.6 is 0 Å². The number of nitrogens with one attached hydrogen (secondary N) is 1. The van der Waals surface area contributed by atoms with Crippen molar-refractivity contribution >= 4 is 0 Å². The van der Waals surface area contributed by atoms with Crippen molar-refractivity contribution in [3.8, 4) is 0 Å². The maximum atomic E-state index is 13.0. The molecule has 0 spiro atoms. The average Bonchev–Trinajstić information content (AvgIpc) is 2.46. The standard InChI is InChI=1S/C17H20FN/c1-3-17(15-9-11-16(18)12-10-15)19-13(2)14-7-5-4-6-8-14/h4-13,17,19H,3H2,1-2H3. The first-order valence-corrected chi connectivity index (χ1v) is 6.77. The number of hydrogen-bond donors (Lipinski definition) is 1. The van der Waals surface area contributed by atoms with Crippen molar-refractivity contribution in [1.29, 1.82) is 0 Å². The summed E-state index contributed by atoms with van der Waals surface area (Å²) in [5.74, 6) is -0.185. The SMILES string of the molecule is CCC(NC(C)c1ccccc1)c1ccc(F)cc1. The fourth-order valence-electron chi connectivity index (χ4n) is 2.28. The van der Waals surface area contributed by atoms with Crippen molar-refractivity contribution in [1.82, 2.24) is 5.32 Å². The van der Waals surface area contributed by atoms with Crippen molar-refractivity contribution in [3.63, 3.8) is 0 Å². The normalized spacial score (nSPS) is 14.1. The zero-order valence-corrected chi connectivity index (χ0v) is 11.4. The van der Waals surface area contributed by atoms with E-state index in [4.69, 9.17) is 0 Å². The van der Waals surface area contributed by atoms with Crippen molar-refractivity contribution in [2.24, 2.45) is 0 Å². The second-order valence-corrected chi connectivity index (χ2v) is 4.81. The minimum Gasteiger partial charge on any atom is -0.303 e. The number of rotatable bonds is 5. The molecule has 0 saturated heterocycles. The van der Waals surface area contributed by atoms with Crippen molar-refractivity contribution in [3.05, 3.63) is 71.5 Å². The van der Waals surface area contributed by atoms with Gasteiger partial charge in [-0.3, -0.25) is 0 Å². The first-order chi connectivity index (χ1) is 9.20. The summed E-state index contributed by atoms with van der Waals surface area (Å²) >= 11 is 0. The summed E-state index contributed by atoms with van der Waals surface area (Å²) in [7, 11) is 0. The van der Waals surface area contributed by atoms with Crippen LogP contribution in [0.1, 0.15) is 43.5 Å². The fourth-order valence-corrected chi connectivity index (χ4v) is 2.28. The highest BCUT2D eigenvalue weighted by Crippen LogP contribution is 2.22. The molecule has 0 aliphatic carbocycles. The second-order valence-electron chi connectivity index (χ2n) is 4.81. The molecule has 1 N–H and O–H groups in total. The number of halogens is 1. The van der Waals surface area contributed by atoms with E-state index in [1.54, 1.807) is 0 Å². The zero-order chi connectivity index (χ0) is 13.7. The van der Waals surface area contributed by atoms with E-state index in [9.17, 15) is 4.39 Å². The third-order valence-electron chi connectivity index (χ3n) is 3.43. The van der Waals surface area contributed by atoms with Crippen LogP contribution in [0, 0.1) is 5.82 Å². The van der Waals surface area contributed by atoms with Crippen LogP contribution in [-0.4, -0.2) is 0 Å². The molecule has 2 atom stereocenters. The molecule has 0 amide bonds. The summed E-state index contributed by atoms with van der Waals surface area (Å²) in [4.78, 5) is 0. The summed E-state index contributed by atoms with van der Waals surface area (Å²) in [6, 6.07) is 17.6. The zero-order valence-electron chi connectivity index (χ0n) is 11.4. The van der Waals surface area contributed by atoms with Gasteiger partial charge < -0.3 is 5.32 Å². The molecule has 0 radical (unpaired) electrons. The molecule has 0 saturated carbocycles. The monoisotopic (exact) mass is 257 g/mol. The topological polar surface area (TPSA) is 12.0 Å². The summed E-state index contributed by atoms with van der Waals surface area (Å²) in [6.45, 7) is 4.29. The van der Waals surface area contributed by atoms with Gasteiger partial charge in [0.2, 0.25) is 0 Å². The van der Waals surface area contributed by atoms with Gasteiger partial charge in [0, 0.05) is 12.1 Å². The van der Waals surface area contributed by atoms with E-state index in [2.05, 4.69) is 31.3 Å². The molecular weight excluding hydrogens is 237 g/mol. The van der Waals surface area contributed by atoms with Gasteiger partial charge in [-0.1, -0.05) is 49.4 Å². The Bertz CT molecular complexity index is 492. The van der Waals surface area contributed by atoms with Crippen LogP contribution < -0.4 is 5.32 Å². The summed E-state index contributed by atoms with van der Waals surface area (Å²) in [6.07, 6.45) is 0.975. The number of benzene rings is 2. The minimum atomic E-state index is -0.185. The molecule has 0 aliphatic rings. The van der Waals surface area contributed by atoms with Crippen LogP contribution in [0.3, 0.4) is 0 Å². The molecule has 2 aromatic rings. The van der Waals surface area contributed by atoms with Crippen LogP contribution in [0.5, 0.6) is 0 Å². The second kappa shape index (κ2) is 6.48. The maximum absolute atomic E-state index is 13.0. The van der Waals surface area contributed by atoms with E-state index >= 15 is 0 Å². The van der Waals surface area contributed by atoms with Crippen LogP contribution in [-0.2, 0) is 0 Å². The van der Waals surface area contributed by atoms with Crippen LogP contribution in [0.2, 0.25) is 0 Å². The highest BCUT2D eigenvalue weighted by Gasteiger charge is 2.13. The van der Waals surface area contributed by atoms with E-state index in [1.807, 2.05) is 30.3 Å². The van der Waals surface area contributed by atoms with E-state index in [1.165, 1.54) is 17.7 Å². The van der Waals surface area contributed by atoms with Gasteiger partial charge in [0.25, 0.3) is 0 Å². The molecule has 2 heteroatoms. The smallest absolute Gasteiger partial charge is 0.123 e. The Morgan fingerprint density at radius 2 is 1.58 bits per heavy atom. The highest BCUT2D eigenvalue weighted by atomic mass is 19.1. The van der Waals surface area contributed by atoms with Gasteiger partial charge >= 0.3 is 0 Å². The molecule has 0 heterocycles. The Morgan fingerprint density at radius 1 is 0.947 bits per heavy atom. The predicted octanol–water partition coefficient (Wildman–Crippen LogP) is 4.63. The Balaban J connectivity index is 2.09. The molecule has 0 fully saturated rings. The molecule has 19 heavy (non-hydrogen) atoms. The minimum absolute atomic E-state index is 0.185. The van der Waals surface area contributed by atoms with Gasteiger partial charge in [-0.25, -0.2) is 4.39 Å². The third-order valence-corrected chi connectivity index (χ3v) is 3.43. The Hall–Kier alpha value is -1.67. The first kappa shape index (κ1) is 13.8. The molecule has 2 unspecified atom stereocenters. The Morgan fingerprint density at radius 3 is 2.16 bits per heavy atom. The van der Waals surface area contributed by atoms with E-state index in [0.717, 1.165) is 12.0 Å². The van der Waals surface area contributed by atoms with Gasteiger partial charge in [0.05, 0.1) is 0 Å². The van der Waals surface area contributed by atoms with Crippen molar-refractivity contribution in [2.45, 2.75) is 32.4 Å². The van der Waals surface area contributed by atoms with Gasteiger partial charge in [-0.15, -0.1) is 0 Å². The lowest BCUT2D eigenvalue weighted by Crippen LogP contribution is -2.24. The Kier molecular flexibility index (Phi) is 4.69. The highest BCUT2D eigenvalue weighted by molar-refractivity contribution is 5.22. The van der Waals surface area contributed by atoms with Crippen LogP contribution in [0.15, 0.2) is 54.6 Å². The lowest BCUT2D eigenvalue weighted by atomic mass is 10.0. The largest absolute Gasteiger partial charge is 0.303 e. The first-order valence-electron chi connectivity index (χ1n) is 6.77. The Labute approximate surface area is 114 Å². The fraction of sp³-hybridized carbons (Fsp3) is 0.294.